The summed E-state index contributed by atoms with van der Waals surface area (Å²) in [5.74, 6) is -1.24. The highest BCUT2D eigenvalue weighted by Crippen LogP contribution is 2.30. The molecule has 4 rings (SSSR count). The Morgan fingerprint density at radius 3 is 2.29 bits per heavy atom. The first-order valence-corrected chi connectivity index (χ1v) is 12.0. The number of carbonyl (C=O) groups is 3. The van der Waals surface area contributed by atoms with E-state index in [0.29, 0.717) is 0 Å². The Hall–Kier alpha value is -4.02. The summed E-state index contributed by atoms with van der Waals surface area (Å²) >= 11 is 0. The van der Waals surface area contributed by atoms with Crippen LogP contribution in [0.3, 0.4) is 0 Å². The molecular weight excluding hydrogens is 470 g/mol. The summed E-state index contributed by atoms with van der Waals surface area (Å²) in [5, 5.41) is 2.64. The monoisotopic (exact) mass is 493 g/mol. The molecule has 0 bridgehead atoms. The van der Waals surface area contributed by atoms with Crippen molar-refractivity contribution in [3.05, 3.63) is 89.0 Å². The lowest BCUT2D eigenvalue weighted by molar-refractivity contribution is 0.0642. The number of rotatable bonds is 7. The van der Waals surface area contributed by atoms with E-state index < -0.39 is 27.7 Å². The number of carbonyl (C=O) groups excluding carboxylic acids is 3. The van der Waals surface area contributed by atoms with Crippen molar-refractivity contribution in [3.63, 3.8) is 0 Å². The minimum absolute atomic E-state index is 0.0233. The minimum atomic E-state index is -3.74. The van der Waals surface area contributed by atoms with E-state index in [0.717, 1.165) is 14.8 Å². The van der Waals surface area contributed by atoms with Crippen LogP contribution in [0, 0.1) is 0 Å². The molecule has 0 radical (unpaired) electrons. The summed E-state index contributed by atoms with van der Waals surface area (Å²) in [6.07, 6.45) is 0. The van der Waals surface area contributed by atoms with E-state index in [9.17, 15) is 22.8 Å². The zero-order valence-electron chi connectivity index (χ0n) is 19.3. The lowest BCUT2D eigenvalue weighted by atomic mass is 10.1. The average molecular weight is 494 g/mol. The third-order valence-corrected chi connectivity index (χ3v) is 7.43. The van der Waals surface area contributed by atoms with Gasteiger partial charge in [0.1, 0.15) is 5.75 Å². The van der Waals surface area contributed by atoms with E-state index in [1.165, 1.54) is 57.6 Å². The van der Waals surface area contributed by atoms with Gasteiger partial charge < -0.3 is 10.1 Å². The molecule has 10 heteroatoms. The van der Waals surface area contributed by atoms with Gasteiger partial charge in [-0.1, -0.05) is 30.3 Å². The van der Waals surface area contributed by atoms with Crippen LogP contribution >= 0.6 is 0 Å². The smallest absolute Gasteiger partial charge is 0.261 e. The minimum Gasteiger partial charge on any atom is -0.495 e. The predicted octanol–water partition coefficient (Wildman–Crippen LogP) is 2.99. The Morgan fingerprint density at radius 1 is 0.943 bits per heavy atom. The quantitative estimate of drug-likeness (QED) is 0.507. The molecule has 180 valence electrons. The first-order valence-electron chi connectivity index (χ1n) is 10.6. The molecule has 0 atom stereocenters. The summed E-state index contributed by atoms with van der Waals surface area (Å²) < 4.78 is 31.3. The SMILES string of the molecule is COc1ccc(S(=O)(=O)N(C)C)cc1NC(=O)c1ccc2c(c1)C(=O)N(Cc1ccccc1)C2=O. The van der Waals surface area contributed by atoms with Gasteiger partial charge in [0.25, 0.3) is 17.7 Å². The van der Waals surface area contributed by atoms with E-state index in [4.69, 9.17) is 4.74 Å². The van der Waals surface area contributed by atoms with E-state index in [1.807, 2.05) is 30.3 Å². The fourth-order valence-corrected chi connectivity index (χ4v) is 4.62. The summed E-state index contributed by atoms with van der Waals surface area (Å²) in [5.41, 5.74) is 1.44. The summed E-state index contributed by atoms with van der Waals surface area (Å²) in [4.78, 5) is 39.8. The molecule has 3 aromatic rings. The van der Waals surface area contributed by atoms with Crippen LogP contribution in [0.1, 0.15) is 36.6 Å². The van der Waals surface area contributed by atoms with Crippen molar-refractivity contribution in [2.45, 2.75) is 11.4 Å². The van der Waals surface area contributed by atoms with Gasteiger partial charge in [0, 0.05) is 19.7 Å². The van der Waals surface area contributed by atoms with E-state index in [1.54, 1.807) is 0 Å². The molecule has 3 amide bonds. The van der Waals surface area contributed by atoms with Gasteiger partial charge >= 0.3 is 0 Å². The van der Waals surface area contributed by atoms with E-state index >= 15 is 0 Å². The van der Waals surface area contributed by atoms with Crippen LogP contribution in [0.5, 0.6) is 5.75 Å². The number of hydrogen-bond acceptors (Lipinski definition) is 6. The molecule has 3 aromatic carbocycles. The molecule has 1 aliphatic rings. The molecule has 0 aromatic heterocycles. The van der Waals surface area contributed by atoms with Crippen molar-refractivity contribution in [2.24, 2.45) is 0 Å². The average Bonchev–Trinajstić information content (AvgIpc) is 3.08. The first-order chi connectivity index (χ1) is 16.6. The Bertz CT molecular complexity index is 1430. The number of amides is 3. The van der Waals surface area contributed by atoms with Crippen molar-refractivity contribution < 1.29 is 27.5 Å². The first kappa shape index (κ1) is 24.1. The van der Waals surface area contributed by atoms with Crippen LogP contribution < -0.4 is 10.1 Å². The number of nitrogens with one attached hydrogen (secondary N) is 1. The highest BCUT2D eigenvalue weighted by Gasteiger charge is 2.36. The number of fused-ring (bicyclic) bond motifs is 1. The number of ether oxygens (including phenoxy) is 1. The highest BCUT2D eigenvalue weighted by atomic mass is 32.2. The zero-order valence-corrected chi connectivity index (χ0v) is 20.1. The molecule has 0 aliphatic carbocycles. The maximum Gasteiger partial charge on any atom is 0.261 e. The molecule has 9 nitrogen and oxygen atoms in total. The van der Waals surface area contributed by atoms with Crippen molar-refractivity contribution in [3.8, 4) is 5.75 Å². The van der Waals surface area contributed by atoms with Crippen LogP contribution in [0.4, 0.5) is 5.69 Å². The molecule has 35 heavy (non-hydrogen) atoms. The van der Waals surface area contributed by atoms with E-state index in [2.05, 4.69) is 5.32 Å². The number of sulfonamides is 1. The summed E-state index contributed by atoms with van der Waals surface area (Å²) in [7, 11) is 0.465. The van der Waals surface area contributed by atoms with Crippen molar-refractivity contribution in [1.29, 1.82) is 0 Å². The van der Waals surface area contributed by atoms with Crippen molar-refractivity contribution >= 4 is 33.4 Å². The standard InChI is InChI=1S/C25H23N3O6S/c1-27(2)35(32,33)18-10-12-22(34-3)21(14-18)26-23(29)17-9-11-19-20(13-17)25(31)28(24(19)30)15-16-7-5-4-6-8-16/h4-14H,15H2,1-3H3,(H,26,29). The summed E-state index contributed by atoms with van der Waals surface area (Å²) in [6.45, 7) is 0.124. The van der Waals surface area contributed by atoms with Crippen LogP contribution in [0.25, 0.3) is 0 Å². The lowest BCUT2D eigenvalue weighted by Gasteiger charge is -2.15. The molecule has 1 N–H and O–H groups in total. The van der Waals surface area contributed by atoms with Gasteiger partial charge in [-0.15, -0.1) is 0 Å². The second kappa shape index (κ2) is 9.32. The Kier molecular flexibility index (Phi) is 6.42. The van der Waals surface area contributed by atoms with Gasteiger partial charge in [0.05, 0.1) is 35.4 Å². The van der Waals surface area contributed by atoms with Crippen LogP contribution in [0.2, 0.25) is 0 Å². The number of nitrogens with zero attached hydrogens (tertiary/aromatic N) is 2. The Balaban J connectivity index is 1.60. The molecule has 0 spiro atoms. The molecule has 1 heterocycles. The zero-order chi connectivity index (χ0) is 25.3. The number of hydrogen-bond donors (Lipinski definition) is 1. The van der Waals surface area contributed by atoms with Gasteiger partial charge in [-0.2, -0.15) is 0 Å². The summed E-state index contributed by atoms with van der Waals surface area (Å²) in [6, 6.07) is 17.5. The normalized spacial score (nSPS) is 13.2. The fraction of sp³-hybridized carbons (Fsp3) is 0.160. The van der Waals surface area contributed by atoms with Gasteiger partial charge in [-0.3, -0.25) is 19.3 Å². The van der Waals surface area contributed by atoms with E-state index in [-0.39, 0.29) is 39.6 Å². The van der Waals surface area contributed by atoms with Crippen molar-refractivity contribution in [2.75, 3.05) is 26.5 Å². The topological polar surface area (TPSA) is 113 Å². The molecule has 0 saturated heterocycles. The third kappa shape index (κ3) is 4.53. The fourth-order valence-electron chi connectivity index (χ4n) is 3.69. The van der Waals surface area contributed by atoms with Crippen LogP contribution in [-0.4, -0.2) is 56.5 Å². The number of methoxy groups -OCH3 is 1. The molecule has 0 unspecified atom stereocenters. The maximum absolute atomic E-state index is 13.0. The van der Waals surface area contributed by atoms with Crippen molar-refractivity contribution in [1.82, 2.24) is 9.21 Å². The molecule has 1 aliphatic heterocycles. The van der Waals surface area contributed by atoms with Gasteiger partial charge in [0.2, 0.25) is 10.0 Å². The lowest BCUT2D eigenvalue weighted by Crippen LogP contribution is -2.29. The third-order valence-electron chi connectivity index (χ3n) is 5.61. The van der Waals surface area contributed by atoms with Crippen LogP contribution in [-0.2, 0) is 16.6 Å². The largest absolute Gasteiger partial charge is 0.495 e. The Labute approximate surface area is 203 Å². The number of benzene rings is 3. The van der Waals surface area contributed by atoms with Gasteiger partial charge in [-0.25, -0.2) is 12.7 Å². The highest BCUT2D eigenvalue weighted by molar-refractivity contribution is 7.89. The number of anilines is 1. The Morgan fingerprint density at radius 2 is 1.63 bits per heavy atom. The second-order valence-electron chi connectivity index (χ2n) is 8.05. The second-order valence-corrected chi connectivity index (χ2v) is 10.2. The maximum atomic E-state index is 13.0. The molecule has 0 fully saturated rings. The van der Waals surface area contributed by atoms with Crippen LogP contribution in [0.15, 0.2) is 71.6 Å². The van der Waals surface area contributed by atoms with Gasteiger partial charge in [-0.05, 0) is 42.0 Å². The molecular formula is C25H23N3O6S. The molecule has 0 saturated carbocycles. The van der Waals surface area contributed by atoms with Gasteiger partial charge in [0.15, 0.2) is 0 Å². The predicted molar refractivity (Wildman–Crippen MR) is 129 cm³/mol. The number of imide groups is 1.